The highest BCUT2D eigenvalue weighted by molar-refractivity contribution is 6.30. The first kappa shape index (κ1) is 13.4. The van der Waals surface area contributed by atoms with Gasteiger partial charge in [0.15, 0.2) is 0 Å². The molecule has 0 spiro atoms. The van der Waals surface area contributed by atoms with Gasteiger partial charge in [-0.2, -0.15) is 0 Å². The van der Waals surface area contributed by atoms with Gasteiger partial charge in [-0.15, -0.1) is 0 Å². The third kappa shape index (κ3) is 4.08. The first-order chi connectivity index (χ1) is 7.65. The summed E-state index contributed by atoms with van der Waals surface area (Å²) in [7, 11) is 0. The Balaban J connectivity index is 2.49. The Kier molecular flexibility index (Phi) is 5.74. The van der Waals surface area contributed by atoms with Gasteiger partial charge in [-0.1, -0.05) is 24.6 Å². The minimum Gasteiger partial charge on any atom is -0.388 e. The van der Waals surface area contributed by atoms with Gasteiger partial charge >= 0.3 is 0 Å². The van der Waals surface area contributed by atoms with Crippen LogP contribution >= 0.6 is 11.6 Å². The molecule has 0 heterocycles. The topological polar surface area (TPSA) is 29.5 Å². The van der Waals surface area contributed by atoms with Crippen molar-refractivity contribution in [3.8, 4) is 0 Å². The molecule has 0 aliphatic carbocycles. The summed E-state index contributed by atoms with van der Waals surface area (Å²) in [6.07, 6.45) is 0.485. The molecule has 1 N–H and O–H groups in total. The fraction of sp³-hybridized carbons (Fsp3) is 0.500. The molecule has 1 aromatic rings. The van der Waals surface area contributed by atoms with E-state index < -0.39 is 11.9 Å². The fourth-order valence-electron chi connectivity index (χ4n) is 1.37. The summed E-state index contributed by atoms with van der Waals surface area (Å²) in [6.45, 7) is 3.10. The average Bonchev–Trinajstić information content (AvgIpc) is 2.24. The Bertz CT molecular complexity index is 331. The molecule has 0 aromatic heterocycles. The molecule has 1 aromatic carbocycles. The van der Waals surface area contributed by atoms with E-state index in [1.165, 1.54) is 12.1 Å². The number of aliphatic hydroxyl groups is 1. The molecule has 0 bridgehead atoms. The Morgan fingerprint density at radius 1 is 1.44 bits per heavy atom. The molecule has 0 fully saturated rings. The quantitative estimate of drug-likeness (QED) is 0.781. The van der Waals surface area contributed by atoms with Crippen LogP contribution in [0.1, 0.15) is 31.4 Å². The van der Waals surface area contributed by atoms with E-state index in [4.69, 9.17) is 16.3 Å². The van der Waals surface area contributed by atoms with Crippen LogP contribution in [0, 0.1) is 5.82 Å². The summed E-state index contributed by atoms with van der Waals surface area (Å²) in [4.78, 5) is 0. The van der Waals surface area contributed by atoms with Crippen molar-refractivity contribution in [2.75, 3.05) is 13.2 Å². The Labute approximate surface area is 100.0 Å². The zero-order chi connectivity index (χ0) is 12.0. The van der Waals surface area contributed by atoms with Crippen molar-refractivity contribution in [3.63, 3.8) is 0 Å². The molecule has 2 nitrogen and oxygen atoms in total. The van der Waals surface area contributed by atoms with Crippen LogP contribution in [0.5, 0.6) is 0 Å². The van der Waals surface area contributed by atoms with Gasteiger partial charge in [0.2, 0.25) is 0 Å². The maximum Gasteiger partial charge on any atom is 0.130 e. The summed E-state index contributed by atoms with van der Waals surface area (Å²) in [5, 5.41) is 10.1. The molecule has 4 heteroatoms. The molecule has 0 saturated carbocycles. The van der Waals surface area contributed by atoms with Crippen LogP contribution in [0.3, 0.4) is 0 Å². The van der Waals surface area contributed by atoms with Gasteiger partial charge in [0.1, 0.15) is 5.82 Å². The average molecular weight is 247 g/mol. The molecule has 0 aliphatic rings. The van der Waals surface area contributed by atoms with Gasteiger partial charge in [-0.25, -0.2) is 4.39 Å². The molecule has 0 radical (unpaired) electrons. The lowest BCUT2D eigenvalue weighted by Gasteiger charge is -2.12. The predicted octanol–water partition coefficient (Wildman–Crippen LogP) is 3.33. The highest BCUT2D eigenvalue weighted by Gasteiger charge is 2.12. The first-order valence-electron chi connectivity index (χ1n) is 5.36. The molecule has 0 aliphatic heterocycles. The molecule has 0 amide bonds. The van der Waals surface area contributed by atoms with E-state index in [1.54, 1.807) is 6.07 Å². The highest BCUT2D eigenvalue weighted by atomic mass is 35.5. The van der Waals surface area contributed by atoms with Crippen LogP contribution in [0.4, 0.5) is 4.39 Å². The van der Waals surface area contributed by atoms with E-state index in [9.17, 15) is 9.50 Å². The zero-order valence-corrected chi connectivity index (χ0v) is 10.0. The maximum atomic E-state index is 13.4. The van der Waals surface area contributed by atoms with Crippen LogP contribution < -0.4 is 0 Å². The molecule has 90 valence electrons. The fourth-order valence-corrected chi connectivity index (χ4v) is 1.53. The van der Waals surface area contributed by atoms with E-state index in [2.05, 4.69) is 0 Å². The summed E-state index contributed by atoms with van der Waals surface area (Å²) in [5.41, 5.74) is 0.268. The molecular formula is C12H16ClFO2. The Hall–Kier alpha value is -0.640. The molecule has 1 rings (SSSR count). The normalized spacial score (nSPS) is 12.8. The van der Waals surface area contributed by atoms with Crippen molar-refractivity contribution in [2.24, 2.45) is 0 Å². The van der Waals surface area contributed by atoms with Crippen molar-refractivity contribution in [2.45, 2.75) is 25.9 Å². The van der Waals surface area contributed by atoms with Gasteiger partial charge in [-0.3, -0.25) is 0 Å². The molecular weight excluding hydrogens is 231 g/mol. The largest absolute Gasteiger partial charge is 0.388 e. The molecule has 16 heavy (non-hydrogen) atoms. The van der Waals surface area contributed by atoms with Crippen molar-refractivity contribution < 1.29 is 14.2 Å². The third-order valence-electron chi connectivity index (χ3n) is 2.21. The van der Waals surface area contributed by atoms with E-state index in [-0.39, 0.29) is 5.56 Å². The second-order valence-electron chi connectivity index (χ2n) is 3.58. The van der Waals surface area contributed by atoms with Crippen LogP contribution in [0.2, 0.25) is 5.02 Å². The summed E-state index contributed by atoms with van der Waals surface area (Å²) in [5.74, 6) is -0.476. The molecule has 1 atom stereocenters. The predicted molar refractivity (Wildman–Crippen MR) is 62.1 cm³/mol. The monoisotopic (exact) mass is 246 g/mol. The number of benzene rings is 1. The second-order valence-corrected chi connectivity index (χ2v) is 4.02. The molecule has 0 saturated heterocycles. The Morgan fingerprint density at radius 3 is 2.81 bits per heavy atom. The van der Waals surface area contributed by atoms with Gasteiger partial charge < -0.3 is 9.84 Å². The number of hydrogen-bond donors (Lipinski definition) is 1. The van der Waals surface area contributed by atoms with Gasteiger partial charge in [0.25, 0.3) is 0 Å². The van der Waals surface area contributed by atoms with Crippen LogP contribution in [-0.4, -0.2) is 18.3 Å². The van der Waals surface area contributed by atoms with Crippen LogP contribution in [0.25, 0.3) is 0 Å². The van der Waals surface area contributed by atoms with Gasteiger partial charge in [-0.05, 0) is 18.6 Å². The lowest BCUT2D eigenvalue weighted by atomic mass is 10.1. The first-order valence-corrected chi connectivity index (χ1v) is 5.73. The van der Waals surface area contributed by atoms with Gasteiger partial charge in [0, 0.05) is 30.2 Å². The van der Waals surface area contributed by atoms with Crippen molar-refractivity contribution >= 4 is 11.6 Å². The van der Waals surface area contributed by atoms with E-state index >= 15 is 0 Å². The number of ether oxygens (including phenoxy) is 1. The van der Waals surface area contributed by atoms with Crippen LogP contribution in [0.15, 0.2) is 18.2 Å². The summed E-state index contributed by atoms with van der Waals surface area (Å²) >= 11 is 5.62. The highest BCUT2D eigenvalue weighted by Crippen LogP contribution is 2.22. The number of rotatable bonds is 6. The second kappa shape index (κ2) is 6.84. The van der Waals surface area contributed by atoms with E-state index in [0.717, 1.165) is 6.42 Å². The van der Waals surface area contributed by atoms with E-state index in [1.807, 2.05) is 6.92 Å². The van der Waals surface area contributed by atoms with Crippen molar-refractivity contribution in [3.05, 3.63) is 34.6 Å². The lowest BCUT2D eigenvalue weighted by Crippen LogP contribution is -2.05. The summed E-state index contributed by atoms with van der Waals surface area (Å²) in [6, 6.07) is 4.27. The van der Waals surface area contributed by atoms with Crippen molar-refractivity contribution in [1.29, 1.82) is 0 Å². The number of aliphatic hydroxyl groups excluding tert-OH is 1. The van der Waals surface area contributed by atoms with Gasteiger partial charge in [0.05, 0.1) is 6.10 Å². The smallest absolute Gasteiger partial charge is 0.130 e. The SMILES string of the molecule is CCCOCCC(O)c1ccc(Cl)cc1F. The lowest BCUT2D eigenvalue weighted by molar-refractivity contribution is 0.0806. The van der Waals surface area contributed by atoms with E-state index in [0.29, 0.717) is 24.7 Å². The maximum absolute atomic E-state index is 13.4. The Morgan fingerprint density at radius 2 is 2.19 bits per heavy atom. The minimum absolute atomic E-state index is 0.268. The van der Waals surface area contributed by atoms with Crippen molar-refractivity contribution in [1.82, 2.24) is 0 Å². The summed E-state index contributed by atoms with van der Waals surface area (Å²) < 4.78 is 18.6. The molecule has 1 unspecified atom stereocenters. The third-order valence-corrected chi connectivity index (χ3v) is 2.44. The number of halogens is 2. The minimum atomic E-state index is -0.839. The van der Waals surface area contributed by atoms with Crippen LogP contribution in [-0.2, 0) is 4.74 Å². The number of hydrogen-bond acceptors (Lipinski definition) is 2. The zero-order valence-electron chi connectivity index (χ0n) is 9.25. The standard InChI is InChI=1S/C12H16ClFO2/c1-2-6-16-7-5-12(15)10-4-3-9(13)8-11(10)14/h3-4,8,12,15H,2,5-7H2,1H3.